The second kappa shape index (κ2) is 11.8. The van der Waals surface area contributed by atoms with Crippen LogP contribution in [0, 0.1) is 13.8 Å². The number of sulfonamides is 1. The fourth-order valence-corrected chi connectivity index (χ4v) is 4.49. The number of carbonyl (C=O) groups is 2. The van der Waals surface area contributed by atoms with Crippen LogP contribution in [0.25, 0.3) is 0 Å². The van der Waals surface area contributed by atoms with E-state index in [-0.39, 0.29) is 19.0 Å². The maximum Gasteiger partial charge on any atom is 0.244 e. The average molecular weight is 474 g/mol. The number of benzene rings is 2. The molecule has 0 saturated heterocycles. The molecule has 0 spiro atoms. The first kappa shape index (κ1) is 26.4. The minimum absolute atomic E-state index is 0.201. The zero-order valence-corrected chi connectivity index (χ0v) is 21.0. The standard InChI is InChI=1S/C25H35N3O4S/c1-6-7-15-26-25(30)21(4)27(17-22-11-9-8-10-12-22)24(29)18-28(33(5,31)32)23-14-13-19(2)16-20(23)3/h8-14,16,21H,6-7,15,17-18H2,1-5H3,(H,26,30)/t21-/m1/s1. The SMILES string of the molecule is CCCCNC(=O)[C@@H](C)N(Cc1ccccc1)C(=O)CN(c1ccc(C)cc1C)S(C)(=O)=O. The average Bonchev–Trinajstić information content (AvgIpc) is 2.75. The number of nitrogens with zero attached hydrogens (tertiary/aromatic N) is 2. The van der Waals surface area contributed by atoms with Gasteiger partial charge in [-0.15, -0.1) is 0 Å². The van der Waals surface area contributed by atoms with Crippen LogP contribution < -0.4 is 9.62 Å². The van der Waals surface area contributed by atoms with E-state index < -0.39 is 22.0 Å². The molecule has 1 atom stereocenters. The molecule has 180 valence electrons. The zero-order chi connectivity index (χ0) is 24.6. The molecular formula is C25H35N3O4S. The van der Waals surface area contributed by atoms with E-state index in [9.17, 15) is 18.0 Å². The van der Waals surface area contributed by atoms with Gasteiger partial charge < -0.3 is 10.2 Å². The van der Waals surface area contributed by atoms with Crippen molar-refractivity contribution < 1.29 is 18.0 Å². The molecule has 2 amide bonds. The maximum absolute atomic E-state index is 13.5. The third kappa shape index (κ3) is 7.60. The lowest BCUT2D eigenvalue weighted by Crippen LogP contribution is -2.51. The van der Waals surface area contributed by atoms with Crippen LogP contribution in [0.1, 0.15) is 43.4 Å². The highest BCUT2D eigenvalue weighted by molar-refractivity contribution is 7.92. The van der Waals surface area contributed by atoms with Crippen molar-refractivity contribution in [3.63, 3.8) is 0 Å². The van der Waals surface area contributed by atoms with Gasteiger partial charge in [0.25, 0.3) is 0 Å². The number of anilines is 1. The van der Waals surface area contributed by atoms with Crippen LogP contribution in [0.2, 0.25) is 0 Å². The molecule has 0 aliphatic rings. The van der Waals surface area contributed by atoms with Gasteiger partial charge in [0.1, 0.15) is 12.6 Å². The van der Waals surface area contributed by atoms with E-state index in [0.717, 1.165) is 40.1 Å². The number of hydrogen-bond acceptors (Lipinski definition) is 4. The highest BCUT2D eigenvalue weighted by Crippen LogP contribution is 2.24. The molecule has 0 bridgehead atoms. The summed E-state index contributed by atoms with van der Waals surface area (Å²) in [6.45, 7) is 7.79. The summed E-state index contributed by atoms with van der Waals surface area (Å²) in [5.74, 6) is -0.701. The van der Waals surface area contributed by atoms with Crippen molar-refractivity contribution in [3.05, 3.63) is 65.2 Å². The normalized spacial score (nSPS) is 12.2. The van der Waals surface area contributed by atoms with Crippen LogP contribution in [0.5, 0.6) is 0 Å². The first-order valence-electron chi connectivity index (χ1n) is 11.2. The smallest absolute Gasteiger partial charge is 0.244 e. The van der Waals surface area contributed by atoms with Crippen LogP contribution in [0.15, 0.2) is 48.5 Å². The highest BCUT2D eigenvalue weighted by atomic mass is 32.2. The maximum atomic E-state index is 13.5. The Morgan fingerprint density at radius 3 is 2.30 bits per heavy atom. The summed E-state index contributed by atoms with van der Waals surface area (Å²) < 4.78 is 26.4. The predicted octanol–water partition coefficient (Wildman–Crippen LogP) is 3.40. The summed E-state index contributed by atoms with van der Waals surface area (Å²) in [6.07, 6.45) is 2.88. The number of hydrogen-bond donors (Lipinski definition) is 1. The van der Waals surface area contributed by atoms with Crippen LogP contribution in [0.4, 0.5) is 5.69 Å². The monoisotopic (exact) mass is 473 g/mol. The Balaban J connectivity index is 2.35. The van der Waals surface area contributed by atoms with E-state index in [1.165, 1.54) is 4.90 Å². The Bertz CT molecular complexity index is 1050. The second-order valence-corrected chi connectivity index (χ2v) is 10.3. The first-order chi connectivity index (χ1) is 15.5. The van der Waals surface area contributed by atoms with E-state index in [1.807, 2.05) is 63.2 Å². The van der Waals surface area contributed by atoms with Gasteiger partial charge in [-0.05, 0) is 44.4 Å². The summed E-state index contributed by atoms with van der Waals surface area (Å²) in [4.78, 5) is 27.7. The summed E-state index contributed by atoms with van der Waals surface area (Å²) in [7, 11) is -3.73. The van der Waals surface area contributed by atoms with Gasteiger partial charge in [0.2, 0.25) is 21.8 Å². The van der Waals surface area contributed by atoms with Gasteiger partial charge in [0, 0.05) is 13.1 Å². The van der Waals surface area contributed by atoms with Gasteiger partial charge in [-0.1, -0.05) is 61.4 Å². The molecule has 2 aromatic carbocycles. The molecule has 0 aliphatic carbocycles. The number of amides is 2. The second-order valence-electron chi connectivity index (χ2n) is 8.39. The van der Waals surface area contributed by atoms with E-state index >= 15 is 0 Å². The number of nitrogens with one attached hydrogen (secondary N) is 1. The summed E-state index contributed by atoms with van der Waals surface area (Å²) in [5, 5.41) is 2.87. The topological polar surface area (TPSA) is 86.8 Å². The third-order valence-electron chi connectivity index (χ3n) is 5.49. The van der Waals surface area contributed by atoms with Gasteiger partial charge in [-0.25, -0.2) is 8.42 Å². The fourth-order valence-electron chi connectivity index (χ4n) is 3.58. The molecule has 2 rings (SSSR count). The van der Waals surface area contributed by atoms with E-state index in [0.29, 0.717) is 12.2 Å². The van der Waals surface area contributed by atoms with Crippen molar-refractivity contribution in [2.24, 2.45) is 0 Å². The molecule has 0 saturated carbocycles. The molecule has 33 heavy (non-hydrogen) atoms. The molecular weight excluding hydrogens is 438 g/mol. The van der Waals surface area contributed by atoms with E-state index in [1.54, 1.807) is 13.0 Å². The van der Waals surface area contributed by atoms with Crippen LogP contribution in [-0.4, -0.2) is 50.5 Å². The number of carbonyl (C=O) groups excluding carboxylic acids is 2. The van der Waals surface area contributed by atoms with Gasteiger partial charge in [0.15, 0.2) is 0 Å². The Hall–Kier alpha value is -2.87. The summed E-state index contributed by atoms with van der Waals surface area (Å²) in [5.41, 5.74) is 3.07. The van der Waals surface area contributed by atoms with Gasteiger partial charge in [0.05, 0.1) is 11.9 Å². The van der Waals surface area contributed by atoms with Gasteiger partial charge in [-0.3, -0.25) is 13.9 Å². The molecule has 0 aromatic heterocycles. The lowest BCUT2D eigenvalue weighted by atomic mass is 10.1. The predicted molar refractivity (Wildman–Crippen MR) is 132 cm³/mol. The summed E-state index contributed by atoms with van der Waals surface area (Å²) in [6, 6.07) is 14.0. The Morgan fingerprint density at radius 1 is 1.06 bits per heavy atom. The van der Waals surface area contributed by atoms with Gasteiger partial charge in [-0.2, -0.15) is 0 Å². The van der Waals surface area contributed by atoms with Crippen LogP contribution in [-0.2, 0) is 26.2 Å². The largest absolute Gasteiger partial charge is 0.354 e. The molecule has 0 aliphatic heterocycles. The molecule has 0 fully saturated rings. The highest BCUT2D eigenvalue weighted by Gasteiger charge is 2.30. The third-order valence-corrected chi connectivity index (χ3v) is 6.62. The van der Waals surface area contributed by atoms with Crippen molar-refractivity contribution in [1.82, 2.24) is 10.2 Å². The lowest BCUT2D eigenvalue weighted by Gasteiger charge is -2.32. The van der Waals surface area contributed by atoms with Crippen LogP contribution in [0.3, 0.4) is 0 Å². The van der Waals surface area contributed by atoms with E-state index in [4.69, 9.17) is 0 Å². The summed E-state index contributed by atoms with van der Waals surface area (Å²) >= 11 is 0. The molecule has 8 heteroatoms. The van der Waals surface area contributed by atoms with Crippen molar-refractivity contribution in [1.29, 1.82) is 0 Å². The number of aryl methyl sites for hydroxylation is 2. The van der Waals surface area contributed by atoms with Gasteiger partial charge >= 0.3 is 0 Å². The Kier molecular flexibility index (Phi) is 9.46. The van der Waals surface area contributed by atoms with Crippen LogP contribution >= 0.6 is 0 Å². The lowest BCUT2D eigenvalue weighted by molar-refractivity contribution is -0.139. The molecule has 0 heterocycles. The molecule has 2 aromatic rings. The first-order valence-corrected chi connectivity index (χ1v) is 13.1. The van der Waals surface area contributed by atoms with Crippen molar-refractivity contribution >= 4 is 27.5 Å². The minimum Gasteiger partial charge on any atom is -0.354 e. The Morgan fingerprint density at radius 2 is 1.73 bits per heavy atom. The number of rotatable bonds is 11. The molecule has 1 N–H and O–H groups in total. The zero-order valence-electron chi connectivity index (χ0n) is 20.2. The van der Waals surface area contributed by atoms with Crippen molar-refractivity contribution in [3.8, 4) is 0 Å². The fraction of sp³-hybridized carbons (Fsp3) is 0.440. The number of unbranched alkanes of at least 4 members (excludes halogenated alkanes) is 1. The van der Waals surface area contributed by atoms with Crippen molar-refractivity contribution in [2.75, 3.05) is 23.7 Å². The molecule has 0 radical (unpaired) electrons. The molecule has 7 nitrogen and oxygen atoms in total. The Labute approximate surface area is 197 Å². The quantitative estimate of drug-likeness (QED) is 0.507. The van der Waals surface area contributed by atoms with Crippen molar-refractivity contribution in [2.45, 2.75) is 53.1 Å². The molecule has 0 unspecified atom stereocenters. The minimum atomic E-state index is -3.73. The van der Waals surface area contributed by atoms with E-state index in [2.05, 4.69) is 5.32 Å².